The van der Waals surface area contributed by atoms with Gasteiger partial charge in [0, 0.05) is 45.2 Å². The molecular weight excluding hydrogens is 286 g/mol. The molecule has 1 amide bonds. The maximum atomic E-state index is 12.1. The highest BCUT2D eigenvalue weighted by Crippen LogP contribution is 2.13. The number of amides is 1. The van der Waals surface area contributed by atoms with Crippen molar-refractivity contribution in [2.75, 3.05) is 39.8 Å². The van der Waals surface area contributed by atoms with E-state index in [1.807, 2.05) is 18.2 Å². The van der Waals surface area contributed by atoms with Crippen LogP contribution in [0.4, 0.5) is 0 Å². The number of piperazine rings is 1. The van der Waals surface area contributed by atoms with Crippen LogP contribution in [0.15, 0.2) is 30.3 Å². The predicted octanol–water partition coefficient (Wildman–Crippen LogP) is 2.01. The molecule has 0 radical (unpaired) electrons. The Balaban J connectivity index is 1.76. The van der Waals surface area contributed by atoms with Crippen LogP contribution in [0.3, 0.4) is 0 Å². The molecule has 0 spiro atoms. The Morgan fingerprint density at radius 1 is 1.13 bits per heavy atom. The van der Waals surface area contributed by atoms with E-state index in [0.717, 1.165) is 39.1 Å². The minimum Gasteiger partial charge on any atom is -0.355 e. The number of hydrogen-bond acceptors (Lipinski definition) is 3. The van der Waals surface area contributed by atoms with Crippen molar-refractivity contribution in [1.82, 2.24) is 15.1 Å². The standard InChI is InChI=1S/C19H31N3O/c1-16(2)18(22-13-11-21(3)12-14-22)15-20-19(23)10-9-17-7-5-4-6-8-17/h4-8,16,18H,9-15H2,1-3H3,(H,20,23). The lowest BCUT2D eigenvalue weighted by atomic mass is 10.0. The van der Waals surface area contributed by atoms with Crippen LogP contribution < -0.4 is 5.32 Å². The molecule has 23 heavy (non-hydrogen) atoms. The number of aryl methyl sites for hydroxylation is 1. The first kappa shape index (κ1) is 18.0. The lowest BCUT2D eigenvalue weighted by Crippen LogP contribution is -2.54. The Hall–Kier alpha value is -1.39. The third-order valence-corrected chi connectivity index (χ3v) is 4.77. The van der Waals surface area contributed by atoms with Crippen LogP contribution in [-0.4, -0.2) is 61.5 Å². The summed E-state index contributed by atoms with van der Waals surface area (Å²) in [6, 6.07) is 10.6. The fourth-order valence-corrected chi connectivity index (χ4v) is 3.15. The Morgan fingerprint density at radius 3 is 2.39 bits per heavy atom. The third kappa shape index (κ3) is 5.96. The van der Waals surface area contributed by atoms with Gasteiger partial charge in [-0.3, -0.25) is 9.69 Å². The van der Waals surface area contributed by atoms with Crippen molar-refractivity contribution in [2.45, 2.75) is 32.7 Å². The molecule has 1 N–H and O–H groups in total. The molecule has 1 aliphatic rings. The van der Waals surface area contributed by atoms with E-state index in [1.54, 1.807) is 0 Å². The zero-order valence-electron chi connectivity index (χ0n) is 14.8. The molecule has 1 saturated heterocycles. The summed E-state index contributed by atoms with van der Waals surface area (Å²) >= 11 is 0. The number of carbonyl (C=O) groups is 1. The average molecular weight is 317 g/mol. The molecule has 1 fully saturated rings. The predicted molar refractivity (Wildman–Crippen MR) is 95.5 cm³/mol. The smallest absolute Gasteiger partial charge is 0.220 e. The van der Waals surface area contributed by atoms with Gasteiger partial charge < -0.3 is 10.2 Å². The minimum atomic E-state index is 0.161. The quantitative estimate of drug-likeness (QED) is 0.835. The molecule has 1 heterocycles. The molecule has 0 saturated carbocycles. The highest BCUT2D eigenvalue weighted by atomic mass is 16.1. The van der Waals surface area contributed by atoms with Crippen molar-refractivity contribution in [1.29, 1.82) is 0 Å². The van der Waals surface area contributed by atoms with Crippen molar-refractivity contribution in [2.24, 2.45) is 5.92 Å². The first-order valence-electron chi connectivity index (χ1n) is 8.79. The van der Waals surface area contributed by atoms with Gasteiger partial charge in [0.15, 0.2) is 0 Å². The van der Waals surface area contributed by atoms with Gasteiger partial charge in [-0.15, -0.1) is 0 Å². The molecule has 128 valence electrons. The first-order valence-corrected chi connectivity index (χ1v) is 8.79. The SMILES string of the molecule is CC(C)C(CNC(=O)CCc1ccccc1)N1CCN(C)CC1. The number of nitrogens with zero attached hydrogens (tertiary/aromatic N) is 2. The lowest BCUT2D eigenvalue weighted by molar-refractivity contribution is -0.121. The summed E-state index contributed by atoms with van der Waals surface area (Å²) < 4.78 is 0. The van der Waals surface area contributed by atoms with Gasteiger partial charge >= 0.3 is 0 Å². The molecule has 1 unspecified atom stereocenters. The van der Waals surface area contributed by atoms with Crippen molar-refractivity contribution in [3.8, 4) is 0 Å². The highest BCUT2D eigenvalue weighted by molar-refractivity contribution is 5.76. The number of nitrogens with one attached hydrogen (secondary N) is 1. The van der Waals surface area contributed by atoms with E-state index in [9.17, 15) is 4.79 Å². The van der Waals surface area contributed by atoms with E-state index in [-0.39, 0.29) is 5.91 Å². The fourth-order valence-electron chi connectivity index (χ4n) is 3.15. The van der Waals surface area contributed by atoms with Gasteiger partial charge in [0.05, 0.1) is 0 Å². The molecule has 4 heteroatoms. The normalized spacial score (nSPS) is 18.1. The zero-order valence-corrected chi connectivity index (χ0v) is 14.8. The van der Waals surface area contributed by atoms with E-state index in [2.05, 4.69) is 48.1 Å². The largest absolute Gasteiger partial charge is 0.355 e. The minimum absolute atomic E-state index is 0.161. The average Bonchev–Trinajstić information content (AvgIpc) is 2.55. The Labute approximate surface area is 140 Å². The topological polar surface area (TPSA) is 35.6 Å². The van der Waals surface area contributed by atoms with E-state index in [4.69, 9.17) is 0 Å². The molecule has 1 atom stereocenters. The number of benzene rings is 1. The van der Waals surface area contributed by atoms with E-state index >= 15 is 0 Å². The van der Waals surface area contributed by atoms with E-state index in [1.165, 1.54) is 5.56 Å². The van der Waals surface area contributed by atoms with Crippen LogP contribution in [0, 0.1) is 5.92 Å². The van der Waals surface area contributed by atoms with E-state index < -0.39 is 0 Å². The lowest BCUT2D eigenvalue weighted by Gasteiger charge is -2.39. The maximum absolute atomic E-state index is 12.1. The van der Waals surface area contributed by atoms with Gasteiger partial charge in [-0.2, -0.15) is 0 Å². The molecule has 0 bridgehead atoms. The second-order valence-electron chi connectivity index (χ2n) is 6.94. The summed E-state index contributed by atoms with van der Waals surface area (Å²) in [5.41, 5.74) is 1.22. The number of carbonyl (C=O) groups excluding carboxylic acids is 1. The Bertz CT molecular complexity index is 467. The first-order chi connectivity index (χ1) is 11.1. The molecule has 1 aromatic carbocycles. The Morgan fingerprint density at radius 2 is 1.78 bits per heavy atom. The number of hydrogen-bond donors (Lipinski definition) is 1. The van der Waals surface area contributed by atoms with Crippen LogP contribution in [0.2, 0.25) is 0 Å². The summed E-state index contributed by atoms with van der Waals surface area (Å²) in [5, 5.41) is 3.15. The molecule has 1 aliphatic heterocycles. The molecule has 1 aromatic rings. The third-order valence-electron chi connectivity index (χ3n) is 4.77. The van der Waals surface area contributed by atoms with Crippen LogP contribution >= 0.6 is 0 Å². The van der Waals surface area contributed by atoms with Gasteiger partial charge in [-0.05, 0) is 24.9 Å². The van der Waals surface area contributed by atoms with Crippen LogP contribution in [0.1, 0.15) is 25.8 Å². The fraction of sp³-hybridized carbons (Fsp3) is 0.632. The zero-order chi connectivity index (χ0) is 16.7. The van der Waals surface area contributed by atoms with Gasteiger partial charge in [-0.1, -0.05) is 44.2 Å². The Kier molecular flexibility index (Phi) is 7.06. The molecular formula is C19H31N3O. The van der Waals surface area contributed by atoms with Gasteiger partial charge in [0.1, 0.15) is 0 Å². The summed E-state index contributed by atoms with van der Waals surface area (Å²) in [6.45, 7) is 9.68. The summed E-state index contributed by atoms with van der Waals surface area (Å²) in [7, 11) is 2.17. The van der Waals surface area contributed by atoms with Crippen molar-refractivity contribution >= 4 is 5.91 Å². The van der Waals surface area contributed by atoms with Gasteiger partial charge in [-0.25, -0.2) is 0 Å². The second kappa shape index (κ2) is 9.04. The van der Waals surface area contributed by atoms with Gasteiger partial charge in [0.25, 0.3) is 0 Å². The highest BCUT2D eigenvalue weighted by Gasteiger charge is 2.25. The molecule has 0 aliphatic carbocycles. The van der Waals surface area contributed by atoms with Gasteiger partial charge in [0.2, 0.25) is 5.91 Å². The van der Waals surface area contributed by atoms with Crippen molar-refractivity contribution in [3.05, 3.63) is 35.9 Å². The summed E-state index contributed by atoms with van der Waals surface area (Å²) in [6.07, 6.45) is 1.38. The van der Waals surface area contributed by atoms with Crippen LogP contribution in [0.5, 0.6) is 0 Å². The van der Waals surface area contributed by atoms with Crippen LogP contribution in [0.25, 0.3) is 0 Å². The number of likely N-dealkylation sites (N-methyl/N-ethyl adjacent to an activating group) is 1. The second-order valence-corrected chi connectivity index (χ2v) is 6.94. The molecule has 0 aromatic heterocycles. The number of rotatable bonds is 7. The van der Waals surface area contributed by atoms with Crippen molar-refractivity contribution in [3.63, 3.8) is 0 Å². The van der Waals surface area contributed by atoms with E-state index in [0.29, 0.717) is 18.4 Å². The summed E-state index contributed by atoms with van der Waals surface area (Å²) in [4.78, 5) is 17.0. The summed E-state index contributed by atoms with van der Waals surface area (Å²) in [5.74, 6) is 0.710. The van der Waals surface area contributed by atoms with Crippen molar-refractivity contribution < 1.29 is 4.79 Å². The van der Waals surface area contributed by atoms with Crippen LogP contribution in [-0.2, 0) is 11.2 Å². The molecule has 2 rings (SSSR count). The maximum Gasteiger partial charge on any atom is 0.220 e. The molecule has 4 nitrogen and oxygen atoms in total. The monoisotopic (exact) mass is 317 g/mol.